The molecular formula is C27H42O3SSi. The fourth-order valence-electron chi connectivity index (χ4n) is 4.12. The van der Waals surface area contributed by atoms with Crippen LogP contribution in [0, 0.1) is 0 Å². The first-order valence-corrected chi connectivity index (χ1v) is 14.9. The molecule has 32 heavy (non-hydrogen) atoms. The van der Waals surface area contributed by atoms with E-state index in [1.165, 1.54) is 10.3 Å². The molecule has 0 heterocycles. The number of benzene rings is 2. The quantitative estimate of drug-likeness (QED) is 0.310. The molecule has 2 rings (SSSR count). The van der Waals surface area contributed by atoms with E-state index in [1.807, 2.05) is 24.8 Å². The lowest BCUT2D eigenvalue weighted by molar-refractivity contribution is -0.137. The molecule has 0 radical (unpaired) electrons. The lowest BCUT2D eigenvalue weighted by atomic mass is 9.86. The van der Waals surface area contributed by atoms with E-state index in [4.69, 9.17) is 5.11 Å². The van der Waals surface area contributed by atoms with Gasteiger partial charge in [0.05, 0.1) is 0 Å². The first-order valence-electron chi connectivity index (χ1n) is 11.6. The van der Waals surface area contributed by atoms with Crippen LogP contribution in [0.1, 0.15) is 73.8 Å². The highest BCUT2D eigenvalue weighted by Gasteiger charge is 2.41. The Kier molecular flexibility index (Phi) is 11.1. The number of hydrogen-bond donors (Lipinski definition) is 2. The van der Waals surface area contributed by atoms with Gasteiger partial charge in [0.15, 0.2) is 0 Å². The van der Waals surface area contributed by atoms with E-state index in [0.717, 1.165) is 12.0 Å². The highest BCUT2D eigenvalue weighted by Crippen LogP contribution is 2.39. The summed E-state index contributed by atoms with van der Waals surface area (Å²) in [5.74, 6) is -0.307. The highest BCUT2D eigenvalue weighted by molar-refractivity contribution is 8.01. The standard InChI is InChI=1S/C23H34OSSi.C4H8O2/c1-17(2)26(18(3)4,20-11-9-8-10-12-20)16-25-19-13-14-22(24)21(15-19)23(5,6)7;1-2-3-4(5)6/h8-15,17-18,24H,16H2,1-7H3;2-3H2,1H3,(H,5,6). The van der Waals surface area contributed by atoms with Crippen LogP contribution in [-0.4, -0.2) is 29.6 Å². The number of carbonyl (C=O) groups is 1. The van der Waals surface area contributed by atoms with Gasteiger partial charge in [0.2, 0.25) is 0 Å². The van der Waals surface area contributed by atoms with Crippen molar-refractivity contribution >= 4 is 31.0 Å². The molecule has 5 heteroatoms. The minimum Gasteiger partial charge on any atom is -0.508 e. The Hall–Kier alpha value is -1.72. The van der Waals surface area contributed by atoms with Crippen LogP contribution >= 0.6 is 11.8 Å². The molecule has 0 aliphatic carbocycles. The molecule has 0 unspecified atom stereocenters. The third-order valence-corrected chi connectivity index (χ3v) is 14.7. The normalized spacial score (nSPS) is 11.9. The van der Waals surface area contributed by atoms with Crippen LogP contribution in [0.3, 0.4) is 0 Å². The maximum absolute atomic E-state index is 10.3. The number of hydrogen-bond acceptors (Lipinski definition) is 3. The Labute approximate surface area is 200 Å². The fourth-order valence-corrected chi connectivity index (χ4v) is 12.9. The molecule has 0 aromatic heterocycles. The van der Waals surface area contributed by atoms with Crippen LogP contribution in [0.5, 0.6) is 5.75 Å². The van der Waals surface area contributed by atoms with E-state index < -0.39 is 14.0 Å². The van der Waals surface area contributed by atoms with Crippen molar-refractivity contribution in [1.29, 1.82) is 0 Å². The summed E-state index contributed by atoms with van der Waals surface area (Å²) in [4.78, 5) is 10.9. The molecule has 0 fully saturated rings. The zero-order valence-electron chi connectivity index (χ0n) is 21.1. The first kappa shape index (κ1) is 28.3. The predicted octanol–water partition coefficient (Wildman–Crippen LogP) is 7.37. The van der Waals surface area contributed by atoms with E-state index in [-0.39, 0.29) is 5.41 Å². The molecule has 0 aliphatic rings. The van der Waals surface area contributed by atoms with Gasteiger partial charge in [-0.25, -0.2) is 0 Å². The molecule has 2 N–H and O–H groups in total. The van der Waals surface area contributed by atoms with Crippen LogP contribution < -0.4 is 5.19 Å². The van der Waals surface area contributed by atoms with E-state index in [1.54, 1.807) is 5.19 Å². The van der Waals surface area contributed by atoms with Crippen LogP contribution in [0.2, 0.25) is 11.1 Å². The second-order valence-corrected chi connectivity index (χ2v) is 17.0. The molecule has 0 aliphatic heterocycles. The lowest BCUT2D eigenvalue weighted by Crippen LogP contribution is -2.55. The van der Waals surface area contributed by atoms with Gasteiger partial charge < -0.3 is 10.2 Å². The molecular weight excluding hydrogens is 432 g/mol. The number of aromatic hydroxyl groups is 1. The Bertz CT molecular complexity index is 834. The molecule has 3 nitrogen and oxygen atoms in total. The Balaban J connectivity index is 0.000000751. The number of thioether (sulfide) groups is 1. The van der Waals surface area contributed by atoms with Crippen molar-refractivity contribution in [3.05, 3.63) is 54.1 Å². The molecule has 178 valence electrons. The number of phenolic OH excluding ortho intramolecular Hbond substituents is 1. The summed E-state index contributed by atoms with van der Waals surface area (Å²) in [5.41, 5.74) is 2.34. The molecule has 2 aromatic carbocycles. The second-order valence-electron chi connectivity index (χ2n) is 10.1. The van der Waals surface area contributed by atoms with Gasteiger partial charge in [-0.3, -0.25) is 4.79 Å². The minimum atomic E-state index is -1.69. The smallest absolute Gasteiger partial charge is 0.303 e. The average Bonchev–Trinajstić information content (AvgIpc) is 2.69. The fraction of sp³-hybridized carbons (Fsp3) is 0.519. The van der Waals surface area contributed by atoms with E-state index in [2.05, 4.69) is 90.9 Å². The van der Waals surface area contributed by atoms with Gasteiger partial charge in [0, 0.05) is 16.9 Å². The molecule has 0 amide bonds. The van der Waals surface area contributed by atoms with Crippen molar-refractivity contribution in [3.63, 3.8) is 0 Å². The van der Waals surface area contributed by atoms with E-state index in [0.29, 0.717) is 23.3 Å². The summed E-state index contributed by atoms with van der Waals surface area (Å²) < 4.78 is 0. The van der Waals surface area contributed by atoms with Gasteiger partial charge >= 0.3 is 5.97 Å². The zero-order chi connectivity index (χ0) is 24.5. The zero-order valence-corrected chi connectivity index (χ0v) is 22.9. The molecule has 0 bridgehead atoms. The van der Waals surface area contributed by atoms with Gasteiger partial charge in [-0.1, -0.05) is 90.9 Å². The number of rotatable bonds is 8. The third-order valence-electron chi connectivity index (χ3n) is 6.09. The van der Waals surface area contributed by atoms with Gasteiger partial charge in [-0.15, -0.1) is 11.8 Å². The van der Waals surface area contributed by atoms with Gasteiger partial charge in [-0.2, -0.15) is 0 Å². The minimum absolute atomic E-state index is 0.0509. The van der Waals surface area contributed by atoms with Crippen LogP contribution in [0.4, 0.5) is 0 Å². The molecule has 0 spiro atoms. The summed E-state index contributed by atoms with van der Waals surface area (Å²) in [6.07, 6.45) is 1.02. The lowest BCUT2D eigenvalue weighted by Gasteiger charge is -2.40. The van der Waals surface area contributed by atoms with E-state index in [9.17, 15) is 9.90 Å². The first-order chi connectivity index (χ1) is 14.9. The third kappa shape index (κ3) is 7.70. The topological polar surface area (TPSA) is 57.5 Å². The van der Waals surface area contributed by atoms with Crippen LogP contribution in [-0.2, 0) is 10.2 Å². The monoisotopic (exact) mass is 474 g/mol. The Morgan fingerprint density at radius 3 is 1.97 bits per heavy atom. The second kappa shape index (κ2) is 12.5. The average molecular weight is 475 g/mol. The van der Waals surface area contributed by atoms with Crippen molar-refractivity contribution in [2.24, 2.45) is 0 Å². The van der Waals surface area contributed by atoms with Gasteiger partial charge in [-0.05, 0) is 46.5 Å². The van der Waals surface area contributed by atoms with Gasteiger partial charge in [0.1, 0.15) is 13.8 Å². The molecule has 0 saturated carbocycles. The van der Waals surface area contributed by atoms with Crippen LogP contribution in [0.25, 0.3) is 0 Å². The SMILES string of the molecule is CC(C)[Si](CSc1ccc(O)c(C(C)(C)C)c1)(c1ccccc1)C(C)C.CCCC(=O)O. The summed E-state index contributed by atoms with van der Waals surface area (Å²) in [6, 6.07) is 17.3. The summed E-state index contributed by atoms with van der Waals surface area (Å²) in [6.45, 7) is 17.9. The summed E-state index contributed by atoms with van der Waals surface area (Å²) in [7, 11) is -1.69. The number of carboxylic acids is 1. The largest absolute Gasteiger partial charge is 0.508 e. The maximum atomic E-state index is 10.3. The van der Waals surface area contributed by atoms with Crippen molar-refractivity contribution in [2.45, 2.75) is 89.6 Å². The van der Waals surface area contributed by atoms with Gasteiger partial charge in [0.25, 0.3) is 0 Å². The maximum Gasteiger partial charge on any atom is 0.303 e. The highest BCUT2D eigenvalue weighted by atomic mass is 32.2. The number of phenols is 1. The molecule has 0 atom stereocenters. The molecule has 2 aromatic rings. The number of aliphatic carboxylic acids is 1. The Morgan fingerprint density at radius 1 is 1.00 bits per heavy atom. The molecule has 0 saturated heterocycles. The predicted molar refractivity (Wildman–Crippen MR) is 142 cm³/mol. The summed E-state index contributed by atoms with van der Waals surface area (Å²) >= 11 is 1.97. The van der Waals surface area contributed by atoms with E-state index >= 15 is 0 Å². The van der Waals surface area contributed by atoms with Crippen LogP contribution in [0.15, 0.2) is 53.4 Å². The Morgan fingerprint density at radius 2 is 1.56 bits per heavy atom. The van der Waals surface area contributed by atoms with Crippen molar-refractivity contribution in [1.82, 2.24) is 0 Å². The number of carboxylic acid groups (broad SMARTS) is 1. The van der Waals surface area contributed by atoms with Crippen molar-refractivity contribution in [3.8, 4) is 5.75 Å². The summed E-state index contributed by atoms with van der Waals surface area (Å²) in [5, 5.41) is 20.9. The van der Waals surface area contributed by atoms with Crippen molar-refractivity contribution < 1.29 is 15.0 Å². The van der Waals surface area contributed by atoms with Crippen molar-refractivity contribution in [2.75, 3.05) is 5.38 Å².